The second kappa shape index (κ2) is 6.23. The first-order chi connectivity index (χ1) is 10.3. The van der Waals surface area contributed by atoms with Crippen LogP contribution in [-0.2, 0) is 17.6 Å². The van der Waals surface area contributed by atoms with Gasteiger partial charge in [0.05, 0.1) is 6.61 Å². The molecule has 0 radical (unpaired) electrons. The van der Waals surface area contributed by atoms with Crippen LogP contribution in [0, 0.1) is 0 Å². The van der Waals surface area contributed by atoms with Crippen LogP contribution in [0.5, 0.6) is 0 Å². The van der Waals surface area contributed by atoms with Crippen LogP contribution in [0.1, 0.15) is 46.5 Å². The molecule has 108 valence electrons. The predicted octanol–water partition coefficient (Wildman–Crippen LogP) is 4.14. The number of hydrogen-bond acceptors (Lipinski definition) is 2. The van der Waals surface area contributed by atoms with Gasteiger partial charge >= 0.3 is 0 Å². The number of rotatable bonds is 4. The van der Waals surface area contributed by atoms with E-state index in [1.807, 2.05) is 42.5 Å². The highest BCUT2D eigenvalue weighted by Gasteiger charge is 2.27. The molecule has 0 fully saturated rings. The van der Waals surface area contributed by atoms with Crippen molar-refractivity contribution in [3.63, 3.8) is 0 Å². The van der Waals surface area contributed by atoms with Gasteiger partial charge in [-0.25, -0.2) is 0 Å². The third kappa shape index (κ3) is 2.91. The van der Waals surface area contributed by atoms with Gasteiger partial charge in [0.15, 0.2) is 5.78 Å². The summed E-state index contributed by atoms with van der Waals surface area (Å²) in [6.45, 7) is 2.77. The zero-order valence-corrected chi connectivity index (χ0v) is 12.3. The molecule has 1 heterocycles. The molecule has 0 N–H and O–H groups in total. The number of ether oxygens (including phenoxy) is 1. The van der Waals surface area contributed by atoms with E-state index in [1.165, 1.54) is 11.1 Å². The lowest BCUT2D eigenvalue weighted by Gasteiger charge is -2.25. The normalized spacial score (nSPS) is 17.3. The lowest BCUT2D eigenvalue weighted by atomic mass is 9.92. The summed E-state index contributed by atoms with van der Waals surface area (Å²) >= 11 is 0. The van der Waals surface area contributed by atoms with Crippen LogP contribution < -0.4 is 0 Å². The van der Waals surface area contributed by atoms with Gasteiger partial charge in [0.2, 0.25) is 0 Å². The Morgan fingerprint density at radius 3 is 2.67 bits per heavy atom. The average Bonchev–Trinajstić information content (AvgIpc) is 2.55. The molecular formula is C19H20O2. The highest BCUT2D eigenvalue weighted by Crippen LogP contribution is 2.29. The Morgan fingerprint density at radius 2 is 1.90 bits per heavy atom. The smallest absolute Gasteiger partial charge is 0.196 e. The first kappa shape index (κ1) is 14.0. The number of fused-ring (bicyclic) bond motifs is 1. The molecule has 3 rings (SSSR count). The molecule has 0 bridgehead atoms. The summed E-state index contributed by atoms with van der Waals surface area (Å²) in [7, 11) is 0. The first-order valence-electron chi connectivity index (χ1n) is 7.62. The molecule has 2 aromatic carbocycles. The maximum Gasteiger partial charge on any atom is 0.196 e. The molecule has 1 unspecified atom stereocenters. The molecule has 21 heavy (non-hydrogen) atoms. The van der Waals surface area contributed by atoms with E-state index in [4.69, 9.17) is 4.74 Å². The largest absolute Gasteiger partial charge is 0.365 e. The van der Waals surface area contributed by atoms with Crippen LogP contribution in [0.3, 0.4) is 0 Å². The second-order valence-electron chi connectivity index (χ2n) is 5.51. The minimum Gasteiger partial charge on any atom is -0.365 e. The minimum absolute atomic E-state index is 0.0604. The minimum atomic E-state index is -0.452. The lowest BCUT2D eigenvalue weighted by Crippen LogP contribution is -2.23. The van der Waals surface area contributed by atoms with Crippen molar-refractivity contribution in [2.45, 2.75) is 32.3 Å². The van der Waals surface area contributed by atoms with Gasteiger partial charge in [-0.2, -0.15) is 0 Å². The van der Waals surface area contributed by atoms with E-state index in [-0.39, 0.29) is 5.78 Å². The molecule has 2 nitrogen and oxygen atoms in total. The van der Waals surface area contributed by atoms with E-state index in [1.54, 1.807) is 0 Å². The maximum atomic E-state index is 12.7. The van der Waals surface area contributed by atoms with Crippen LogP contribution in [0.4, 0.5) is 0 Å². The number of carbonyl (C=O) groups is 1. The highest BCUT2D eigenvalue weighted by molar-refractivity contribution is 6.00. The Balaban J connectivity index is 1.86. The van der Waals surface area contributed by atoms with E-state index >= 15 is 0 Å². The average molecular weight is 280 g/mol. The van der Waals surface area contributed by atoms with Crippen molar-refractivity contribution in [3.05, 3.63) is 70.8 Å². The molecule has 1 atom stereocenters. The number of benzene rings is 2. The molecule has 0 amide bonds. The quantitative estimate of drug-likeness (QED) is 0.787. The molecule has 0 aliphatic carbocycles. The molecule has 2 heteroatoms. The summed E-state index contributed by atoms with van der Waals surface area (Å²) in [4.78, 5) is 12.7. The van der Waals surface area contributed by atoms with Crippen LogP contribution >= 0.6 is 0 Å². The fourth-order valence-electron chi connectivity index (χ4n) is 2.89. The van der Waals surface area contributed by atoms with Crippen molar-refractivity contribution >= 4 is 5.78 Å². The van der Waals surface area contributed by atoms with Crippen molar-refractivity contribution in [2.24, 2.45) is 0 Å². The molecule has 2 aromatic rings. The number of aryl methyl sites for hydroxylation is 1. The van der Waals surface area contributed by atoms with E-state index in [0.717, 1.165) is 30.4 Å². The Kier molecular flexibility index (Phi) is 4.16. The van der Waals surface area contributed by atoms with E-state index in [9.17, 15) is 4.79 Å². The summed E-state index contributed by atoms with van der Waals surface area (Å²) in [5.74, 6) is 0.0604. The number of hydrogen-bond donors (Lipinski definition) is 0. The SMILES string of the molecule is CCCc1ccc(C(=O)C2OCCc3ccccc32)cc1. The highest BCUT2D eigenvalue weighted by atomic mass is 16.5. The summed E-state index contributed by atoms with van der Waals surface area (Å²) in [5.41, 5.74) is 4.26. The van der Waals surface area contributed by atoms with Gasteiger partial charge in [0, 0.05) is 5.56 Å². The summed E-state index contributed by atoms with van der Waals surface area (Å²) in [6, 6.07) is 16.0. The number of Topliss-reactive ketones (excluding diaryl/α,β-unsaturated/α-hetero) is 1. The van der Waals surface area contributed by atoms with Crippen molar-refractivity contribution in [1.82, 2.24) is 0 Å². The first-order valence-corrected chi connectivity index (χ1v) is 7.62. The van der Waals surface area contributed by atoms with Gasteiger partial charge in [0.1, 0.15) is 6.10 Å². The van der Waals surface area contributed by atoms with Gasteiger partial charge in [0.25, 0.3) is 0 Å². The Morgan fingerprint density at radius 1 is 1.14 bits per heavy atom. The molecule has 0 saturated carbocycles. The topological polar surface area (TPSA) is 26.3 Å². The maximum absolute atomic E-state index is 12.7. The van der Waals surface area contributed by atoms with Crippen molar-refractivity contribution < 1.29 is 9.53 Å². The van der Waals surface area contributed by atoms with Gasteiger partial charge in [-0.05, 0) is 29.5 Å². The lowest BCUT2D eigenvalue weighted by molar-refractivity contribution is 0.0349. The third-order valence-electron chi connectivity index (χ3n) is 4.01. The van der Waals surface area contributed by atoms with Crippen molar-refractivity contribution in [2.75, 3.05) is 6.61 Å². The molecular weight excluding hydrogens is 260 g/mol. The van der Waals surface area contributed by atoms with Crippen LogP contribution in [0.15, 0.2) is 48.5 Å². The van der Waals surface area contributed by atoms with Crippen LogP contribution in [-0.4, -0.2) is 12.4 Å². The van der Waals surface area contributed by atoms with Gasteiger partial charge in [-0.1, -0.05) is 61.9 Å². The molecule has 1 aliphatic heterocycles. The summed E-state index contributed by atoms with van der Waals surface area (Å²) in [6.07, 6.45) is 2.60. The molecule has 0 spiro atoms. The third-order valence-corrected chi connectivity index (χ3v) is 4.01. The fourth-order valence-corrected chi connectivity index (χ4v) is 2.89. The van der Waals surface area contributed by atoms with Crippen LogP contribution in [0.2, 0.25) is 0 Å². The predicted molar refractivity (Wildman–Crippen MR) is 83.6 cm³/mol. The molecule has 0 aromatic heterocycles. The van der Waals surface area contributed by atoms with Gasteiger partial charge in [-0.15, -0.1) is 0 Å². The van der Waals surface area contributed by atoms with Crippen LogP contribution in [0.25, 0.3) is 0 Å². The molecule has 1 aliphatic rings. The van der Waals surface area contributed by atoms with Gasteiger partial charge < -0.3 is 4.74 Å². The zero-order valence-electron chi connectivity index (χ0n) is 12.3. The molecule has 0 saturated heterocycles. The standard InChI is InChI=1S/C19H20O2/c1-2-5-14-8-10-16(11-9-14)18(20)19-17-7-4-3-6-15(17)12-13-21-19/h3-4,6-11,19H,2,5,12-13H2,1H3. The van der Waals surface area contributed by atoms with E-state index in [2.05, 4.69) is 13.0 Å². The monoisotopic (exact) mass is 280 g/mol. The zero-order chi connectivity index (χ0) is 14.7. The number of carbonyl (C=O) groups excluding carboxylic acids is 1. The summed E-state index contributed by atoms with van der Waals surface area (Å²) in [5, 5.41) is 0. The Labute approximate surface area is 125 Å². The van der Waals surface area contributed by atoms with Gasteiger partial charge in [-0.3, -0.25) is 4.79 Å². The van der Waals surface area contributed by atoms with E-state index < -0.39 is 6.10 Å². The number of ketones is 1. The van der Waals surface area contributed by atoms with Crippen molar-refractivity contribution in [1.29, 1.82) is 0 Å². The second-order valence-corrected chi connectivity index (χ2v) is 5.51. The summed E-state index contributed by atoms with van der Waals surface area (Å²) < 4.78 is 5.75. The van der Waals surface area contributed by atoms with Crippen molar-refractivity contribution in [3.8, 4) is 0 Å². The Bertz CT molecular complexity index is 628. The Hall–Kier alpha value is -1.93. The fraction of sp³-hybridized carbons (Fsp3) is 0.316. The van der Waals surface area contributed by atoms with E-state index in [0.29, 0.717) is 6.61 Å².